The summed E-state index contributed by atoms with van der Waals surface area (Å²) < 4.78 is 1.83. The highest BCUT2D eigenvalue weighted by Gasteiger charge is 2.41. The van der Waals surface area contributed by atoms with Crippen molar-refractivity contribution in [2.75, 3.05) is 4.90 Å². The maximum absolute atomic E-state index is 10.0. The van der Waals surface area contributed by atoms with E-state index in [9.17, 15) is 5.11 Å². The Morgan fingerprint density at radius 2 is 1.67 bits per heavy atom. The first-order chi connectivity index (χ1) is 11.8. The number of aromatic nitrogens is 4. The van der Waals surface area contributed by atoms with Gasteiger partial charge in [-0.25, -0.2) is 0 Å². The van der Waals surface area contributed by atoms with Crippen molar-refractivity contribution < 1.29 is 5.11 Å². The Hall–Kier alpha value is -2.47. The molecule has 122 valence electrons. The molecule has 2 saturated heterocycles. The zero-order valence-electron chi connectivity index (χ0n) is 13.3. The Kier molecular flexibility index (Phi) is 3.06. The fourth-order valence-corrected chi connectivity index (χ4v) is 4.21. The van der Waals surface area contributed by atoms with Gasteiger partial charge >= 0.3 is 0 Å². The molecule has 6 nitrogen and oxygen atoms in total. The number of aliphatic hydroxyl groups is 1. The van der Waals surface area contributed by atoms with Crippen LogP contribution in [0.2, 0.25) is 0 Å². The van der Waals surface area contributed by atoms with Crippen LogP contribution in [0.5, 0.6) is 0 Å². The van der Waals surface area contributed by atoms with Gasteiger partial charge in [0, 0.05) is 17.6 Å². The van der Waals surface area contributed by atoms with Crippen molar-refractivity contribution in [2.24, 2.45) is 0 Å². The number of rotatable bonds is 2. The molecule has 0 aliphatic carbocycles. The van der Waals surface area contributed by atoms with Gasteiger partial charge in [-0.15, -0.1) is 15.3 Å². The molecule has 2 fully saturated rings. The largest absolute Gasteiger partial charge is 0.393 e. The van der Waals surface area contributed by atoms with Crippen molar-refractivity contribution in [1.82, 2.24) is 19.8 Å². The van der Waals surface area contributed by atoms with Crippen molar-refractivity contribution in [3.63, 3.8) is 0 Å². The van der Waals surface area contributed by atoms with E-state index in [0.717, 1.165) is 48.5 Å². The quantitative estimate of drug-likeness (QED) is 0.784. The highest BCUT2D eigenvalue weighted by molar-refractivity contribution is 5.59. The van der Waals surface area contributed by atoms with Crippen LogP contribution in [0.3, 0.4) is 0 Å². The summed E-state index contributed by atoms with van der Waals surface area (Å²) >= 11 is 0. The van der Waals surface area contributed by atoms with Crippen molar-refractivity contribution >= 4 is 11.5 Å². The van der Waals surface area contributed by atoms with Gasteiger partial charge in [0.2, 0.25) is 0 Å². The van der Waals surface area contributed by atoms with E-state index in [0.29, 0.717) is 12.1 Å². The Morgan fingerprint density at radius 1 is 0.917 bits per heavy atom. The summed E-state index contributed by atoms with van der Waals surface area (Å²) in [6.07, 6.45) is 3.77. The fourth-order valence-electron chi connectivity index (χ4n) is 4.21. The molecule has 2 unspecified atom stereocenters. The zero-order valence-corrected chi connectivity index (χ0v) is 13.3. The molecule has 0 spiro atoms. The third-order valence-corrected chi connectivity index (χ3v) is 5.25. The van der Waals surface area contributed by atoms with Crippen LogP contribution in [0, 0.1) is 0 Å². The molecule has 0 radical (unpaired) electrons. The molecule has 3 aromatic rings. The summed E-state index contributed by atoms with van der Waals surface area (Å²) in [6, 6.07) is 14.8. The second-order valence-corrected chi connectivity index (χ2v) is 6.77. The average Bonchev–Trinajstić information content (AvgIpc) is 3.14. The highest BCUT2D eigenvalue weighted by Crippen LogP contribution is 2.38. The third kappa shape index (κ3) is 2.10. The van der Waals surface area contributed by atoms with E-state index in [1.54, 1.807) is 0 Å². The van der Waals surface area contributed by atoms with Gasteiger partial charge in [0.1, 0.15) is 5.82 Å². The van der Waals surface area contributed by atoms with Crippen LogP contribution in [-0.4, -0.2) is 43.1 Å². The third-order valence-electron chi connectivity index (χ3n) is 5.25. The first-order valence-electron chi connectivity index (χ1n) is 8.54. The Bertz CT molecular complexity index is 864. The van der Waals surface area contributed by atoms with E-state index in [2.05, 4.69) is 15.1 Å². The predicted octanol–water partition coefficient (Wildman–Crippen LogP) is 2.28. The number of hydrogen-bond acceptors (Lipinski definition) is 5. The lowest BCUT2D eigenvalue weighted by molar-refractivity contribution is 0.126. The minimum absolute atomic E-state index is 0.169. The second-order valence-electron chi connectivity index (χ2n) is 6.77. The van der Waals surface area contributed by atoms with Crippen LogP contribution in [-0.2, 0) is 0 Å². The number of fused-ring (bicyclic) bond motifs is 3. The molecule has 6 heteroatoms. The standard InChI is InChI=1S/C18H19N5O/c24-15-10-13-6-7-14(11-15)22(13)17-9-8-16-19-20-18(23(16)21-17)12-4-2-1-3-5-12/h1-5,8-9,13-15,24H,6-7,10-11H2. The number of aliphatic hydroxyl groups excluding tert-OH is 1. The maximum Gasteiger partial charge on any atom is 0.185 e. The second kappa shape index (κ2) is 5.27. The molecular weight excluding hydrogens is 302 g/mol. The Morgan fingerprint density at radius 3 is 2.42 bits per heavy atom. The number of anilines is 1. The van der Waals surface area contributed by atoms with Crippen molar-refractivity contribution in [2.45, 2.75) is 43.9 Å². The SMILES string of the molecule is OC1CC2CCC(C1)N2c1ccc2nnc(-c3ccccc3)n2n1. The summed E-state index contributed by atoms with van der Waals surface area (Å²) in [5, 5.41) is 23.4. The molecular formula is C18H19N5O. The van der Waals surface area contributed by atoms with Crippen LogP contribution >= 0.6 is 0 Å². The first-order valence-corrected chi connectivity index (χ1v) is 8.54. The molecule has 1 aromatic carbocycles. The molecule has 4 heterocycles. The van der Waals surface area contributed by atoms with Gasteiger partial charge in [0.15, 0.2) is 11.5 Å². The lowest BCUT2D eigenvalue weighted by Gasteiger charge is -2.37. The zero-order chi connectivity index (χ0) is 16.1. The summed E-state index contributed by atoms with van der Waals surface area (Å²) in [4.78, 5) is 2.39. The topological polar surface area (TPSA) is 66.5 Å². The number of nitrogens with zero attached hydrogens (tertiary/aromatic N) is 5. The minimum atomic E-state index is -0.169. The van der Waals surface area contributed by atoms with E-state index in [1.165, 1.54) is 0 Å². The number of piperidine rings is 1. The van der Waals surface area contributed by atoms with E-state index >= 15 is 0 Å². The molecule has 2 aliphatic heterocycles. The first kappa shape index (κ1) is 13.9. The lowest BCUT2D eigenvalue weighted by Crippen LogP contribution is -2.45. The normalized spacial score (nSPS) is 26.2. The molecule has 0 saturated carbocycles. The molecule has 0 amide bonds. The van der Waals surface area contributed by atoms with Gasteiger partial charge in [-0.05, 0) is 37.8 Å². The minimum Gasteiger partial charge on any atom is -0.393 e. The molecule has 2 atom stereocenters. The molecule has 2 aliphatic rings. The van der Waals surface area contributed by atoms with Crippen LogP contribution in [0.15, 0.2) is 42.5 Å². The van der Waals surface area contributed by atoms with Crippen molar-refractivity contribution in [1.29, 1.82) is 0 Å². The van der Waals surface area contributed by atoms with Crippen molar-refractivity contribution in [3.05, 3.63) is 42.5 Å². The lowest BCUT2D eigenvalue weighted by atomic mass is 10.00. The van der Waals surface area contributed by atoms with Gasteiger partial charge in [-0.2, -0.15) is 4.52 Å². The van der Waals surface area contributed by atoms with Gasteiger partial charge in [0.25, 0.3) is 0 Å². The van der Waals surface area contributed by atoms with Crippen molar-refractivity contribution in [3.8, 4) is 11.4 Å². The van der Waals surface area contributed by atoms with E-state index in [4.69, 9.17) is 5.10 Å². The van der Waals surface area contributed by atoms with Gasteiger partial charge in [-0.1, -0.05) is 30.3 Å². The Balaban J connectivity index is 1.59. The smallest absolute Gasteiger partial charge is 0.185 e. The molecule has 1 N–H and O–H groups in total. The number of benzene rings is 1. The monoisotopic (exact) mass is 321 g/mol. The average molecular weight is 321 g/mol. The van der Waals surface area contributed by atoms with E-state index in [-0.39, 0.29) is 6.10 Å². The van der Waals surface area contributed by atoms with Crippen LogP contribution < -0.4 is 4.90 Å². The van der Waals surface area contributed by atoms with Crippen LogP contribution in [0.1, 0.15) is 25.7 Å². The van der Waals surface area contributed by atoms with E-state index < -0.39 is 0 Å². The fraction of sp³-hybridized carbons (Fsp3) is 0.389. The Labute approximate surface area is 139 Å². The van der Waals surface area contributed by atoms with E-state index in [1.807, 2.05) is 47.0 Å². The molecule has 24 heavy (non-hydrogen) atoms. The molecule has 2 bridgehead atoms. The summed E-state index contributed by atoms with van der Waals surface area (Å²) in [5.41, 5.74) is 1.76. The summed E-state index contributed by atoms with van der Waals surface area (Å²) in [5.74, 6) is 1.72. The van der Waals surface area contributed by atoms with Crippen LogP contribution in [0.4, 0.5) is 5.82 Å². The predicted molar refractivity (Wildman–Crippen MR) is 90.7 cm³/mol. The summed E-state index contributed by atoms with van der Waals surface area (Å²) in [7, 11) is 0. The van der Waals surface area contributed by atoms with Gasteiger partial charge < -0.3 is 10.0 Å². The molecule has 2 aromatic heterocycles. The summed E-state index contributed by atoms with van der Waals surface area (Å²) in [6.45, 7) is 0. The maximum atomic E-state index is 10.0. The molecule has 5 rings (SSSR count). The van der Waals surface area contributed by atoms with Crippen LogP contribution in [0.25, 0.3) is 17.0 Å². The number of hydrogen-bond donors (Lipinski definition) is 1. The van der Waals surface area contributed by atoms with Gasteiger partial charge in [-0.3, -0.25) is 0 Å². The highest BCUT2D eigenvalue weighted by atomic mass is 16.3. The van der Waals surface area contributed by atoms with Gasteiger partial charge in [0.05, 0.1) is 6.10 Å².